The molecule has 0 unspecified atom stereocenters. The molecule has 0 bridgehead atoms. The summed E-state index contributed by atoms with van der Waals surface area (Å²) in [4.78, 5) is 10.2. The van der Waals surface area contributed by atoms with E-state index in [9.17, 15) is 9.90 Å². The van der Waals surface area contributed by atoms with Crippen LogP contribution in [0.2, 0.25) is 0 Å². The Labute approximate surface area is 174 Å². The fraction of sp³-hybridized carbons (Fsp3) is 0.417. The molecular weight excluding hydrogens is 341 g/mol. The Hall–Kier alpha value is 0.116. The number of rotatable bonds is 3. The molecule has 2 N–H and O–H groups in total. The van der Waals surface area contributed by atoms with Crippen LogP contribution in [0.25, 0.3) is 0 Å². The number of benzene rings is 1. The fourth-order valence-electron chi connectivity index (χ4n) is 0.943. The van der Waals surface area contributed by atoms with Crippen molar-refractivity contribution >= 4 is 17.3 Å². The number of carboxylic acid groups (broad SMARTS) is 1. The van der Waals surface area contributed by atoms with Crippen molar-refractivity contribution in [1.29, 1.82) is 0 Å². The molecule has 1 aromatic rings. The number of hydrogen-bond donors (Lipinski definition) is 2. The maximum Gasteiger partial charge on any atom is 1.00 e. The Balaban J connectivity index is -0.000000266. The van der Waals surface area contributed by atoms with Crippen molar-refractivity contribution in [2.75, 3.05) is 34.3 Å². The Bertz CT molecular complexity index is 447. The monoisotopic (exact) mass is 360 g/mol. The van der Waals surface area contributed by atoms with E-state index in [1.807, 2.05) is 0 Å². The van der Waals surface area contributed by atoms with Crippen LogP contribution in [0.3, 0.4) is 0 Å². The second kappa shape index (κ2) is 14.7. The van der Waals surface area contributed by atoms with Crippen LogP contribution < -0.4 is 56.5 Å². The normalized spacial score (nSPS) is 9.59. The first-order valence-electron chi connectivity index (χ1n) is 5.68. The maximum absolute atomic E-state index is 10.7. The zero-order valence-electron chi connectivity index (χ0n) is 13.0. The summed E-state index contributed by atoms with van der Waals surface area (Å²) in [6, 6.07) is 5.54. The number of aromatic carboxylic acids is 1. The minimum atomic E-state index is -3.11. The molecule has 10 heteroatoms. The molecule has 0 aliphatic carbocycles. The molecule has 8 nitrogen and oxygen atoms in total. The molecule has 0 radical (unpaired) electrons. The molecule has 0 amide bonds. The van der Waals surface area contributed by atoms with Gasteiger partial charge in [0.05, 0.1) is 33.3 Å². The van der Waals surface area contributed by atoms with Gasteiger partial charge in [0.25, 0.3) is 0 Å². The second-order valence-corrected chi connectivity index (χ2v) is 5.15. The molecule has 122 valence electrons. The van der Waals surface area contributed by atoms with Crippen LogP contribution in [0.1, 0.15) is 10.4 Å². The number of quaternary nitrogens is 1. The number of likely N-dealkylation sites (N-methyl/N-ethyl adjacent to an activating group) is 1. The van der Waals surface area contributed by atoms with Crippen LogP contribution in [0.15, 0.2) is 24.3 Å². The molecule has 1 rings (SSSR count). The molecule has 0 aromatic heterocycles. The van der Waals surface area contributed by atoms with Gasteiger partial charge in [-0.1, -0.05) is 23.9 Å². The molecule has 0 spiro atoms. The number of para-hydroxylation sites is 1. The first-order valence-corrected chi connectivity index (χ1v) is 6.68. The summed E-state index contributed by atoms with van der Waals surface area (Å²) in [5, 5.41) is 27.4. The molecule has 0 atom stereocenters. The predicted molar refractivity (Wildman–Crippen MR) is 72.5 cm³/mol. The summed E-state index contributed by atoms with van der Waals surface area (Å²) in [5.41, 5.74) is -0.178. The fourth-order valence-corrected chi connectivity index (χ4v) is 0.943. The van der Waals surface area contributed by atoms with Crippen LogP contribution in [0.5, 0.6) is 5.75 Å². The van der Waals surface area contributed by atoms with Gasteiger partial charge >= 0.3 is 57.4 Å². The second-order valence-electron chi connectivity index (χ2n) is 4.74. The third-order valence-corrected chi connectivity index (χ3v) is 1.89. The number of aliphatic hydroxyl groups excluding tert-OH is 1. The van der Waals surface area contributed by atoms with Crippen molar-refractivity contribution in [3.8, 4) is 5.75 Å². The van der Waals surface area contributed by atoms with Crippen molar-refractivity contribution < 1.29 is 89.3 Å². The number of nitrogens with zero attached hydrogens (tertiary/aromatic N) is 1. The zero-order chi connectivity index (χ0) is 17.1. The summed E-state index contributed by atoms with van der Waals surface area (Å²) in [6.45, 7) is 1.11. The van der Waals surface area contributed by atoms with Gasteiger partial charge in [-0.15, -0.1) is 11.4 Å². The molecule has 1 aromatic carbocycles. The number of carbonyl (C=O) groups is 1. The van der Waals surface area contributed by atoms with Gasteiger partial charge in [-0.2, -0.15) is 0 Å². The van der Waals surface area contributed by atoms with E-state index in [0.717, 1.165) is 11.0 Å². The van der Waals surface area contributed by atoms with Gasteiger partial charge in [0.2, 0.25) is 0 Å². The van der Waals surface area contributed by atoms with Crippen LogP contribution in [-0.4, -0.2) is 68.3 Å². The smallest absolute Gasteiger partial charge is 0.872 e. The van der Waals surface area contributed by atoms with E-state index in [1.165, 1.54) is 24.3 Å². The van der Waals surface area contributed by atoms with Crippen molar-refractivity contribution in [3.05, 3.63) is 29.8 Å². The molecule has 0 aliphatic heterocycles. The maximum atomic E-state index is 10.7. The topological polar surface area (TPSA) is 144 Å². The van der Waals surface area contributed by atoms with Crippen molar-refractivity contribution in [2.45, 2.75) is 0 Å². The van der Waals surface area contributed by atoms with E-state index >= 15 is 0 Å². The van der Waals surface area contributed by atoms with E-state index in [-0.39, 0.29) is 63.6 Å². The van der Waals surface area contributed by atoms with Crippen LogP contribution in [0, 0.1) is 0 Å². The van der Waals surface area contributed by atoms with Gasteiger partial charge in [-0.3, -0.25) is 4.21 Å². The summed E-state index contributed by atoms with van der Waals surface area (Å²) in [6.07, 6.45) is 0. The first kappa shape index (κ1) is 27.0. The molecule has 22 heavy (non-hydrogen) atoms. The number of aliphatic hydroxyl groups is 1. The quantitative estimate of drug-likeness (QED) is 0.319. The Morgan fingerprint density at radius 3 is 1.82 bits per heavy atom. The van der Waals surface area contributed by atoms with Crippen LogP contribution in [0.4, 0.5) is 0 Å². The van der Waals surface area contributed by atoms with Crippen molar-refractivity contribution in [2.24, 2.45) is 0 Å². The average Bonchev–Trinajstić information content (AvgIpc) is 2.27. The van der Waals surface area contributed by atoms with E-state index in [1.54, 1.807) is 0 Å². The van der Waals surface area contributed by atoms with Gasteiger partial charge in [-0.25, -0.2) is 4.79 Å². The SMILES string of the molecule is C[N+](C)(C)CCO.O=C(O)c1ccccc1[O-].O=S([O-])[O-].[K+]. The van der Waals surface area contributed by atoms with Gasteiger partial charge in [0, 0.05) is 0 Å². The Morgan fingerprint density at radius 2 is 1.64 bits per heavy atom. The van der Waals surface area contributed by atoms with Gasteiger partial charge < -0.3 is 28.9 Å². The van der Waals surface area contributed by atoms with Crippen molar-refractivity contribution in [1.82, 2.24) is 0 Å². The largest absolute Gasteiger partial charge is 1.00 e. The third kappa shape index (κ3) is 20.1. The zero-order valence-corrected chi connectivity index (χ0v) is 17.0. The minimum absolute atomic E-state index is 0. The standard InChI is InChI=1S/C7H6O3.C5H14NO.K.H2O3S/c8-6-4-2-1-3-5(6)7(9)10;1-6(2,3)4-5-7;;1-4(2)3/h1-4,8H,(H,9,10);7H,4-5H2,1-3H3;;(H2,1,2,3)/q;2*+1;/p-3. The molecule has 0 heterocycles. The van der Waals surface area contributed by atoms with E-state index in [4.69, 9.17) is 23.5 Å². The predicted octanol–water partition coefficient (Wildman–Crippen LogP) is -3.86. The third-order valence-electron chi connectivity index (χ3n) is 1.89. The first-order chi connectivity index (χ1) is 9.51. The summed E-state index contributed by atoms with van der Waals surface area (Å²) >= 11 is -3.11. The van der Waals surface area contributed by atoms with Crippen molar-refractivity contribution in [3.63, 3.8) is 0 Å². The van der Waals surface area contributed by atoms with Gasteiger partial charge in [0.15, 0.2) is 0 Å². The van der Waals surface area contributed by atoms with Gasteiger partial charge in [-0.05, 0) is 6.07 Å². The molecule has 0 fully saturated rings. The summed E-state index contributed by atoms with van der Waals surface area (Å²) < 4.78 is 26.2. The van der Waals surface area contributed by atoms with Crippen LogP contribution >= 0.6 is 0 Å². The molecule has 0 saturated heterocycles. The number of carboxylic acids is 1. The summed E-state index contributed by atoms with van der Waals surface area (Å²) in [7, 11) is 6.16. The van der Waals surface area contributed by atoms with Crippen LogP contribution in [-0.2, 0) is 11.4 Å². The van der Waals surface area contributed by atoms with E-state index in [2.05, 4.69) is 21.1 Å². The molecule has 0 aliphatic rings. The van der Waals surface area contributed by atoms with E-state index in [0.29, 0.717) is 0 Å². The van der Waals surface area contributed by atoms with E-state index < -0.39 is 23.1 Å². The summed E-state index contributed by atoms with van der Waals surface area (Å²) in [5.74, 6) is -1.62. The van der Waals surface area contributed by atoms with Gasteiger partial charge in [0.1, 0.15) is 6.54 Å². The Kier molecular flexibility index (Phi) is 18.0. The molecule has 0 saturated carbocycles. The minimum Gasteiger partial charge on any atom is -0.872 e. The molecular formula is C12H19KNO7S-. The number of hydrogen-bond acceptors (Lipinski definition) is 6. The Morgan fingerprint density at radius 1 is 1.23 bits per heavy atom. The average molecular weight is 360 g/mol.